The van der Waals surface area contributed by atoms with Crippen LogP contribution < -0.4 is 5.32 Å². The molecule has 0 aromatic carbocycles. The predicted molar refractivity (Wildman–Crippen MR) is 51.3 cm³/mol. The fourth-order valence-electron chi connectivity index (χ4n) is 2.84. The molecule has 0 amide bonds. The molecule has 1 aliphatic carbocycles. The van der Waals surface area contributed by atoms with Crippen molar-refractivity contribution in [3.05, 3.63) is 30.1 Å². The second-order valence-electron chi connectivity index (χ2n) is 4.16. The molecule has 0 bridgehead atoms. The van der Waals surface area contributed by atoms with E-state index in [0.717, 1.165) is 5.92 Å². The monoisotopic (exact) mass is 174 g/mol. The van der Waals surface area contributed by atoms with Crippen molar-refractivity contribution in [2.75, 3.05) is 6.54 Å². The van der Waals surface area contributed by atoms with Crippen molar-refractivity contribution in [1.82, 2.24) is 10.3 Å². The quantitative estimate of drug-likeness (QED) is 0.700. The van der Waals surface area contributed by atoms with Crippen molar-refractivity contribution in [3.63, 3.8) is 0 Å². The van der Waals surface area contributed by atoms with Gasteiger partial charge < -0.3 is 5.32 Å². The van der Waals surface area contributed by atoms with Gasteiger partial charge >= 0.3 is 0 Å². The van der Waals surface area contributed by atoms with Crippen molar-refractivity contribution in [1.29, 1.82) is 0 Å². The van der Waals surface area contributed by atoms with Crippen LogP contribution in [0, 0.1) is 5.92 Å². The smallest absolute Gasteiger partial charge is 0.0479 e. The Balaban J connectivity index is 2.00. The summed E-state index contributed by atoms with van der Waals surface area (Å²) < 4.78 is 0. The molecule has 0 spiro atoms. The minimum Gasteiger partial charge on any atom is -0.307 e. The standard InChI is InChI=1S/C11H14N2/c1-2-10(8-12-6-1)11-5-3-9(11)4-7-13-11/h1-2,6,8-9,13H,3-5,7H2/t9-,11-/m0/s1. The lowest BCUT2D eigenvalue weighted by atomic mass is 9.65. The number of aromatic nitrogens is 1. The van der Waals surface area contributed by atoms with Crippen LogP contribution in [0.2, 0.25) is 0 Å². The Morgan fingerprint density at radius 1 is 1.46 bits per heavy atom. The van der Waals surface area contributed by atoms with Crippen LogP contribution in [0.5, 0.6) is 0 Å². The van der Waals surface area contributed by atoms with Gasteiger partial charge in [-0.05, 0) is 43.4 Å². The zero-order valence-electron chi connectivity index (χ0n) is 7.66. The molecule has 68 valence electrons. The van der Waals surface area contributed by atoms with Crippen LogP contribution in [0.4, 0.5) is 0 Å². The number of nitrogens with zero attached hydrogens (tertiary/aromatic N) is 1. The van der Waals surface area contributed by atoms with E-state index < -0.39 is 0 Å². The number of hydrogen-bond acceptors (Lipinski definition) is 2. The van der Waals surface area contributed by atoms with Crippen LogP contribution in [0.15, 0.2) is 24.5 Å². The first kappa shape index (κ1) is 7.51. The Bertz CT molecular complexity index is 309. The van der Waals surface area contributed by atoms with Crippen molar-refractivity contribution in [3.8, 4) is 0 Å². The summed E-state index contributed by atoms with van der Waals surface area (Å²) in [4.78, 5) is 4.20. The molecule has 13 heavy (non-hydrogen) atoms. The minimum absolute atomic E-state index is 0.314. The predicted octanol–water partition coefficient (Wildman–Crippen LogP) is 1.68. The molecule has 2 atom stereocenters. The molecule has 2 heterocycles. The highest BCUT2D eigenvalue weighted by atomic mass is 15.0. The molecule has 1 saturated carbocycles. The SMILES string of the molecule is c1cncc([C@]23CC[C@H]2CCN3)c1. The number of pyridine rings is 1. The van der Waals surface area contributed by atoms with Crippen molar-refractivity contribution in [2.45, 2.75) is 24.8 Å². The number of nitrogens with one attached hydrogen (secondary N) is 1. The molecule has 3 rings (SSSR count). The summed E-state index contributed by atoms with van der Waals surface area (Å²) in [7, 11) is 0. The fraction of sp³-hybridized carbons (Fsp3) is 0.545. The van der Waals surface area contributed by atoms with E-state index in [-0.39, 0.29) is 0 Å². The fourth-order valence-corrected chi connectivity index (χ4v) is 2.84. The maximum absolute atomic E-state index is 4.20. The Hall–Kier alpha value is -0.890. The van der Waals surface area contributed by atoms with Crippen LogP contribution in [0.25, 0.3) is 0 Å². The molecule has 1 N–H and O–H groups in total. The minimum atomic E-state index is 0.314. The second kappa shape index (κ2) is 2.55. The Morgan fingerprint density at radius 3 is 3.08 bits per heavy atom. The van der Waals surface area contributed by atoms with Gasteiger partial charge in [-0.15, -0.1) is 0 Å². The van der Waals surface area contributed by atoms with Gasteiger partial charge in [-0.1, -0.05) is 6.07 Å². The lowest BCUT2D eigenvalue weighted by Crippen LogP contribution is -2.48. The summed E-state index contributed by atoms with van der Waals surface area (Å²) in [6, 6.07) is 4.25. The second-order valence-corrected chi connectivity index (χ2v) is 4.16. The van der Waals surface area contributed by atoms with Crippen LogP contribution in [-0.4, -0.2) is 11.5 Å². The number of hydrogen-bond donors (Lipinski definition) is 1. The van der Waals surface area contributed by atoms with Gasteiger partial charge in [0, 0.05) is 17.9 Å². The van der Waals surface area contributed by atoms with E-state index in [4.69, 9.17) is 0 Å². The Morgan fingerprint density at radius 2 is 2.46 bits per heavy atom. The van der Waals surface area contributed by atoms with E-state index in [2.05, 4.69) is 16.4 Å². The van der Waals surface area contributed by atoms with Gasteiger partial charge in [0.25, 0.3) is 0 Å². The Labute approximate surface area is 78.4 Å². The van der Waals surface area contributed by atoms with Gasteiger partial charge in [-0.2, -0.15) is 0 Å². The summed E-state index contributed by atoms with van der Waals surface area (Å²) in [5.41, 5.74) is 1.71. The molecule has 1 aromatic rings. The average Bonchev–Trinajstić information content (AvgIpc) is 2.45. The number of rotatable bonds is 1. The molecular weight excluding hydrogens is 160 g/mol. The van der Waals surface area contributed by atoms with Crippen LogP contribution in [0.1, 0.15) is 24.8 Å². The van der Waals surface area contributed by atoms with Crippen LogP contribution in [0.3, 0.4) is 0 Å². The third-order valence-electron chi connectivity index (χ3n) is 3.69. The third kappa shape index (κ3) is 0.894. The van der Waals surface area contributed by atoms with Gasteiger partial charge in [-0.3, -0.25) is 4.98 Å². The molecule has 1 saturated heterocycles. The van der Waals surface area contributed by atoms with E-state index in [1.54, 1.807) is 0 Å². The van der Waals surface area contributed by atoms with E-state index in [0.29, 0.717) is 5.54 Å². The zero-order valence-corrected chi connectivity index (χ0v) is 7.66. The molecule has 1 aromatic heterocycles. The summed E-state index contributed by atoms with van der Waals surface area (Å²) >= 11 is 0. The molecule has 2 nitrogen and oxygen atoms in total. The van der Waals surface area contributed by atoms with E-state index in [1.165, 1.54) is 31.4 Å². The summed E-state index contributed by atoms with van der Waals surface area (Å²) in [5, 5.41) is 3.65. The number of fused-ring (bicyclic) bond motifs is 1. The van der Waals surface area contributed by atoms with E-state index in [1.807, 2.05) is 18.5 Å². The molecule has 0 radical (unpaired) electrons. The van der Waals surface area contributed by atoms with Crippen molar-refractivity contribution >= 4 is 0 Å². The molecule has 0 unspecified atom stereocenters. The van der Waals surface area contributed by atoms with Gasteiger partial charge in [0.2, 0.25) is 0 Å². The first-order valence-corrected chi connectivity index (χ1v) is 5.07. The van der Waals surface area contributed by atoms with Gasteiger partial charge in [0.15, 0.2) is 0 Å². The highest BCUT2D eigenvalue weighted by Crippen LogP contribution is 2.51. The maximum atomic E-state index is 4.20. The average molecular weight is 174 g/mol. The van der Waals surface area contributed by atoms with Crippen LogP contribution in [-0.2, 0) is 5.54 Å². The zero-order chi connectivity index (χ0) is 8.73. The topological polar surface area (TPSA) is 24.9 Å². The molecule has 2 heteroatoms. The molecule has 1 aliphatic heterocycles. The lowest BCUT2D eigenvalue weighted by molar-refractivity contribution is 0.136. The van der Waals surface area contributed by atoms with Gasteiger partial charge in [0.05, 0.1) is 0 Å². The molecule has 2 aliphatic rings. The van der Waals surface area contributed by atoms with Gasteiger partial charge in [0.1, 0.15) is 0 Å². The van der Waals surface area contributed by atoms with E-state index >= 15 is 0 Å². The summed E-state index contributed by atoms with van der Waals surface area (Å²) in [6.07, 6.45) is 7.90. The van der Waals surface area contributed by atoms with Crippen LogP contribution >= 0.6 is 0 Å². The van der Waals surface area contributed by atoms with Gasteiger partial charge in [-0.25, -0.2) is 0 Å². The lowest BCUT2D eigenvalue weighted by Gasteiger charge is -2.45. The first-order valence-electron chi connectivity index (χ1n) is 5.07. The summed E-state index contributed by atoms with van der Waals surface area (Å²) in [5.74, 6) is 0.872. The van der Waals surface area contributed by atoms with Crippen molar-refractivity contribution < 1.29 is 0 Å². The molecule has 2 fully saturated rings. The maximum Gasteiger partial charge on any atom is 0.0479 e. The first-order chi connectivity index (χ1) is 6.42. The normalized spacial score (nSPS) is 36.8. The van der Waals surface area contributed by atoms with E-state index in [9.17, 15) is 0 Å². The molecular formula is C11H14N2. The van der Waals surface area contributed by atoms with Crippen molar-refractivity contribution in [2.24, 2.45) is 5.92 Å². The summed E-state index contributed by atoms with van der Waals surface area (Å²) in [6.45, 7) is 1.18. The Kier molecular flexibility index (Phi) is 1.47. The third-order valence-corrected chi connectivity index (χ3v) is 3.69. The highest BCUT2D eigenvalue weighted by Gasteiger charge is 2.50. The highest BCUT2D eigenvalue weighted by molar-refractivity contribution is 5.27. The largest absolute Gasteiger partial charge is 0.307 e.